The highest BCUT2D eigenvalue weighted by Crippen LogP contribution is 2.24. The Hall–Kier alpha value is -1.15. The van der Waals surface area contributed by atoms with Crippen molar-refractivity contribution in [1.82, 2.24) is 14.5 Å². The summed E-state index contributed by atoms with van der Waals surface area (Å²) in [6.07, 6.45) is 4.89. The van der Waals surface area contributed by atoms with Gasteiger partial charge in [-0.25, -0.2) is 8.42 Å². The number of nitrogens with zero attached hydrogens (tertiary/aromatic N) is 2. The van der Waals surface area contributed by atoms with Gasteiger partial charge in [0.15, 0.2) is 0 Å². The number of aryl methyl sites for hydroxylation is 1. The highest BCUT2D eigenvalue weighted by Gasteiger charge is 2.29. The maximum Gasteiger partial charge on any atom is 0.254 e. The molecule has 1 aromatic carbocycles. The lowest BCUT2D eigenvalue weighted by Gasteiger charge is -2.33. The molecule has 6 nitrogen and oxygen atoms in total. The smallest absolute Gasteiger partial charge is 0.254 e. The Morgan fingerprint density at radius 1 is 1.11 bits per heavy atom. The van der Waals surface area contributed by atoms with Crippen LogP contribution in [0.3, 0.4) is 0 Å². The van der Waals surface area contributed by atoms with Crippen LogP contribution < -0.4 is 5.32 Å². The van der Waals surface area contributed by atoms with E-state index in [4.69, 9.17) is 0 Å². The van der Waals surface area contributed by atoms with E-state index in [2.05, 4.69) is 5.32 Å². The lowest BCUT2D eigenvalue weighted by Crippen LogP contribution is -2.47. The number of hydrogen-bond donors (Lipinski definition) is 1. The number of benzene rings is 1. The second-order valence-electron chi connectivity index (χ2n) is 7.32. The third-order valence-electron chi connectivity index (χ3n) is 5.51. The average Bonchev–Trinajstić information content (AvgIpc) is 2.68. The van der Waals surface area contributed by atoms with Gasteiger partial charge in [-0.2, -0.15) is 4.31 Å². The number of likely N-dealkylation sites (N-methyl/N-ethyl adjacent to an activating group) is 1. The number of halogens is 1. The van der Waals surface area contributed by atoms with Crippen molar-refractivity contribution < 1.29 is 13.2 Å². The molecule has 1 atom stereocenters. The number of nitrogens with one attached hydrogen (secondary N) is 1. The molecule has 1 amide bonds. The first-order chi connectivity index (χ1) is 12.4. The summed E-state index contributed by atoms with van der Waals surface area (Å²) >= 11 is 0. The maximum atomic E-state index is 13.0. The summed E-state index contributed by atoms with van der Waals surface area (Å²) in [7, 11) is -1.62. The van der Waals surface area contributed by atoms with Crippen LogP contribution in [0.1, 0.15) is 48.0 Å². The molecule has 1 N–H and O–H groups in total. The van der Waals surface area contributed by atoms with E-state index in [0.29, 0.717) is 31.2 Å². The molecule has 1 aromatic rings. The van der Waals surface area contributed by atoms with E-state index in [0.717, 1.165) is 44.2 Å². The van der Waals surface area contributed by atoms with Crippen molar-refractivity contribution in [3.8, 4) is 0 Å². The highest BCUT2D eigenvalue weighted by molar-refractivity contribution is 7.89. The fourth-order valence-corrected chi connectivity index (χ4v) is 5.36. The van der Waals surface area contributed by atoms with Crippen LogP contribution in [-0.4, -0.2) is 62.8 Å². The molecule has 2 aliphatic rings. The number of hydrogen-bond acceptors (Lipinski definition) is 4. The predicted octanol–water partition coefficient (Wildman–Crippen LogP) is 2.42. The number of amides is 1. The first kappa shape index (κ1) is 22.1. The van der Waals surface area contributed by atoms with Gasteiger partial charge in [0, 0.05) is 37.8 Å². The molecule has 0 saturated carbocycles. The summed E-state index contributed by atoms with van der Waals surface area (Å²) in [4.78, 5) is 15.1. The molecule has 0 radical (unpaired) electrons. The maximum absolute atomic E-state index is 13.0. The Morgan fingerprint density at radius 3 is 2.48 bits per heavy atom. The van der Waals surface area contributed by atoms with Crippen molar-refractivity contribution in [1.29, 1.82) is 0 Å². The standard InChI is InChI=1S/C19H29N3O3S.ClH/c1-15-8-9-17(26(24,25)22-11-4-3-5-12-22)13-18(15)19(23)21-10-6-7-16(14-21)20-2;/h8-9,13,16,20H,3-7,10-12,14H2,1-2H3;1H. The van der Waals surface area contributed by atoms with Gasteiger partial charge in [-0.3, -0.25) is 4.79 Å². The van der Waals surface area contributed by atoms with Crippen LogP contribution in [0.4, 0.5) is 0 Å². The molecule has 2 saturated heterocycles. The zero-order valence-corrected chi connectivity index (χ0v) is 17.7. The number of likely N-dealkylation sites (tertiary alicyclic amines) is 1. The number of sulfonamides is 1. The summed E-state index contributed by atoms with van der Waals surface area (Å²) in [5.74, 6) is -0.0712. The number of carbonyl (C=O) groups is 1. The minimum atomic E-state index is -3.53. The number of piperidine rings is 2. The minimum absolute atomic E-state index is 0. The molecule has 3 rings (SSSR count). The monoisotopic (exact) mass is 415 g/mol. The summed E-state index contributed by atoms with van der Waals surface area (Å²) < 4.78 is 27.4. The van der Waals surface area contributed by atoms with Gasteiger partial charge in [0.05, 0.1) is 4.90 Å². The molecule has 0 aromatic heterocycles. The van der Waals surface area contributed by atoms with Crippen LogP contribution in [0.2, 0.25) is 0 Å². The van der Waals surface area contributed by atoms with Gasteiger partial charge < -0.3 is 10.2 Å². The molecule has 2 aliphatic heterocycles. The highest BCUT2D eigenvalue weighted by atomic mass is 35.5. The SMILES string of the molecule is CNC1CCCN(C(=O)c2cc(S(=O)(=O)N3CCCCC3)ccc2C)C1.Cl. The normalized spacial score (nSPS) is 21.6. The van der Waals surface area contributed by atoms with E-state index in [-0.39, 0.29) is 23.2 Å². The molecule has 1 unspecified atom stereocenters. The van der Waals surface area contributed by atoms with Crippen molar-refractivity contribution in [3.05, 3.63) is 29.3 Å². The molecule has 27 heavy (non-hydrogen) atoms. The van der Waals surface area contributed by atoms with E-state index in [1.54, 1.807) is 22.5 Å². The fraction of sp³-hybridized carbons (Fsp3) is 0.632. The third-order valence-corrected chi connectivity index (χ3v) is 7.40. The van der Waals surface area contributed by atoms with Gasteiger partial charge in [-0.15, -0.1) is 12.4 Å². The first-order valence-corrected chi connectivity index (χ1v) is 10.9. The summed E-state index contributed by atoms with van der Waals surface area (Å²) in [5.41, 5.74) is 1.32. The Bertz CT molecular complexity index is 763. The zero-order chi connectivity index (χ0) is 18.7. The summed E-state index contributed by atoms with van der Waals surface area (Å²) in [5, 5.41) is 3.24. The van der Waals surface area contributed by atoms with Gasteiger partial charge in [0.2, 0.25) is 10.0 Å². The quantitative estimate of drug-likeness (QED) is 0.819. The Balaban J connectivity index is 0.00000261. The molecule has 0 bridgehead atoms. The topological polar surface area (TPSA) is 69.7 Å². The fourth-order valence-electron chi connectivity index (χ4n) is 3.81. The molecule has 152 valence electrons. The van der Waals surface area contributed by atoms with Crippen LogP contribution in [0.5, 0.6) is 0 Å². The molecular weight excluding hydrogens is 386 g/mol. The van der Waals surface area contributed by atoms with E-state index in [1.807, 2.05) is 18.9 Å². The number of carbonyl (C=O) groups excluding carboxylic acids is 1. The molecule has 0 aliphatic carbocycles. The van der Waals surface area contributed by atoms with Crippen molar-refractivity contribution in [2.75, 3.05) is 33.2 Å². The summed E-state index contributed by atoms with van der Waals surface area (Å²) in [6, 6.07) is 5.25. The van der Waals surface area contributed by atoms with Crippen LogP contribution in [0, 0.1) is 6.92 Å². The van der Waals surface area contributed by atoms with E-state index >= 15 is 0 Å². The molecule has 2 fully saturated rings. The van der Waals surface area contributed by atoms with Crippen LogP contribution in [0.25, 0.3) is 0 Å². The largest absolute Gasteiger partial charge is 0.337 e. The van der Waals surface area contributed by atoms with Gasteiger partial charge in [0.1, 0.15) is 0 Å². The second-order valence-corrected chi connectivity index (χ2v) is 9.26. The molecular formula is C19H30ClN3O3S. The van der Waals surface area contributed by atoms with Gasteiger partial charge in [-0.1, -0.05) is 12.5 Å². The van der Waals surface area contributed by atoms with Gasteiger partial charge in [0.25, 0.3) is 5.91 Å². The van der Waals surface area contributed by atoms with Crippen molar-refractivity contribution in [2.45, 2.75) is 50.0 Å². The molecule has 2 heterocycles. The lowest BCUT2D eigenvalue weighted by atomic mass is 10.0. The van der Waals surface area contributed by atoms with Crippen LogP contribution in [0.15, 0.2) is 23.1 Å². The third kappa shape index (κ3) is 4.83. The van der Waals surface area contributed by atoms with E-state index in [1.165, 1.54) is 0 Å². The minimum Gasteiger partial charge on any atom is -0.337 e. The second kappa shape index (κ2) is 9.37. The summed E-state index contributed by atoms with van der Waals surface area (Å²) in [6.45, 7) is 4.38. The Morgan fingerprint density at radius 2 is 1.81 bits per heavy atom. The van der Waals surface area contributed by atoms with Crippen molar-refractivity contribution >= 4 is 28.3 Å². The van der Waals surface area contributed by atoms with E-state index < -0.39 is 10.0 Å². The van der Waals surface area contributed by atoms with Gasteiger partial charge >= 0.3 is 0 Å². The van der Waals surface area contributed by atoms with E-state index in [9.17, 15) is 13.2 Å². The molecule has 8 heteroatoms. The van der Waals surface area contributed by atoms with Crippen LogP contribution >= 0.6 is 12.4 Å². The van der Waals surface area contributed by atoms with Crippen molar-refractivity contribution in [3.63, 3.8) is 0 Å². The predicted molar refractivity (Wildman–Crippen MR) is 109 cm³/mol. The lowest BCUT2D eigenvalue weighted by molar-refractivity contribution is 0.0697. The van der Waals surface area contributed by atoms with Crippen LogP contribution in [-0.2, 0) is 10.0 Å². The Labute approximate surface area is 168 Å². The van der Waals surface area contributed by atoms with Crippen molar-refractivity contribution in [2.24, 2.45) is 0 Å². The molecule has 0 spiro atoms. The first-order valence-electron chi connectivity index (χ1n) is 9.51. The van der Waals surface area contributed by atoms with Gasteiger partial charge in [-0.05, 0) is 57.4 Å². The average molecular weight is 416 g/mol. The zero-order valence-electron chi connectivity index (χ0n) is 16.1. The Kier molecular flexibility index (Phi) is 7.68. The number of rotatable bonds is 4.